The number of methoxy groups -OCH3 is 1. The maximum Gasteiger partial charge on any atom is 0.255 e. The molecule has 0 saturated carbocycles. The van der Waals surface area contributed by atoms with Crippen molar-refractivity contribution in [1.29, 1.82) is 0 Å². The van der Waals surface area contributed by atoms with Gasteiger partial charge in [-0.1, -0.05) is 49.2 Å². The Hall–Kier alpha value is -2.77. The summed E-state index contributed by atoms with van der Waals surface area (Å²) in [7, 11) is 1.49. The van der Waals surface area contributed by atoms with Crippen LogP contribution in [0.1, 0.15) is 43.5 Å². The van der Waals surface area contributed by atoms with E-state index in [2.05, 4.69) is 46.7 Å². The van der Waals surface area contributed by atoms with E-state index in [1.165, 1.54) is 24.3 Å². The van der Waals surface area contributed by atoms with Crippen LogP contribution >= 0.6 is 11.6 Å². The van der Waals surface area contributed by atoms with Crippen molar-refractivity contribution in [3.8, 4) is 16.9 Å². The predicted octanol–water partition coefficient (Wildman–Crippen LogP) is 3.91. The topological polar surface area (TPSA) is 96.7 Å². The van der Waals surface area contributed by atoms with Crippen LogP contribution in [0, 0.1) is 5.92 Å². The fraction of sp³-hybridized carbons (Fsp3) is 0.440. The van der Waals surface area contributed by atoms with Gasteiger partial charge >= 0.3 is 0 Å². The molecule has 1 aromatic carbocycles. The summed E-state index contributed by atoms with van der Waals surface area (Å²) >= 11 is 6.04. The quantitative estimate of drug-likeness (QED) is 0.432. The average molecular weight is 473 g/mol. The molecular formula is C25H33ClN4O3. The molecule has 0 bridgehead atoms. The van der Waals surface area contributed by atoms with Gasteiger partial charge in [-0.05, 0) is 36.0 Å². The highest BCUT2D eigenvalue weighted by Crippen LogP contribution is 2.30. The summed E-state index contributed by atoms with van der Waals surface area (Å²) in [5, 5.41) is 6.30. The molecule has 1 fully saturated rings. The summed E-state index contributed by atoms with van der Waals surface area (Å²) in [4.78, 5) is 26.3. The van der Waals surface area contributed by atoms with Crippen molar-refractivity contribution in [2.75, 3.05) is 32.5 Å². The number of likely N-dealkylation sites (tertiary alicyclic amines) is 1. The number of ether oxygens (including phenoxy) is 1. The van der Waals surface area contributed by atoms with Gasteiger partial charge in [0.1, 0.15) is 5.75 Å². The Morgan fingerprint density at radius 3 is 2.42 bits per heavy atom. The normalized spacial score (nSPS) is 16.9. The van der Waals surface area contributed by atoms with E-state index in [0.29, 0.717) is 34.5 Å². The number of nitrogens with one attached hydrogen (secondary N) is 2. The van der Waals surface area contributed by atoms with E-state index in [1.807, 2.05) is 0 Å². The molecule has 0 aromatic heterocycles. The molecule has 1 saturated heterocycles. The lowest BCUT2D eigenvalue weighted by molar-refractivity contribution is -0.120. The molecule has 2 amide bonds. The number of nitrogen functional groups attached to an aromatic ring is 1. The number of benzene rings is 2. The number of nitrogens with two attached hydrogens (primary N) is 1. The minimum atomic E-state index is -0.237. The summed E-state index contributed by atoms with van der Waals surface area (Å²) < 4.78 is 5.24. The van der Waals surface area contributed by atoms with Crippen LogP contribution < -0.4 is 21.1 Å². The largest absolute Gasteiger partial charge is 0.496 e. The van der Waals surface area contributed by atoms with E-state index in [1.54, 1.807) is 13.0 Å². The van der Waals surface area contributed by atoms with Crippen molar-refractivity contribution in [3.63, 3.8) is 0 Å². The van der Waals surface area contributed by atoms with E-state index in [-0.39, 0.29) is 18.0 Å². The first-order chi connectivity index (χ1) is 15.8. The fourth-order valence-corrected chi connectivity index (χ4v) is 4.24. The molecule has 4 N–H and O–H groups in total. The van der Waals surface area contributed by atoms with Gasteiger partial charge < -0.3 is 21.1 Å². The predicted molar refractivity (Wildman–Crippen MR) is 132 cm³/mol. The number of hydrogen-bond donors (Lipinski definition) is 3. The number of carbonyl (C=O) groups is 2. The van der Waals surface area contributed by atoms with Gasteiger partial charge in [0.2, 0.25) is 5.91 Å². The third-order valence-corrected chi connectivity index (χ3v) is 6.35. The van der Waals surface area contributed by atoms with Crippen LogP contribution in [0.3, 0.4) is 0 Å². The van der Waals surface area contributed by atoms with Gasteiger partial charge in [-0.2, -0.15) is 0 Å². The minimum Gasteiger partial charge on any atom is -0.496 e. The van der Waals surface area contributed by atoms with Crippen molar-refractivity contribution in [3.05, 3.63) is 47.0 Å². The van der Waals surface area contributed by atoms with Gasteiger partial charge in [0.05, 0.1) is 29.5 Å². The van der Waals surface area contributed by atoms with Crippen molar-refractivity contribution in [2.45, 2.75) is 39.3 Å². The highest BCUT2D eigenvalue weighted by molar-refractivity contribution is 6.33. The molecule has 1 aromatic rings. The van der Waals surface area contributed by atoms with E-state index in [9.17, 15) is 9.59 Å². The average Bonchev–Trinajstić information content (AvgIpc) is 3.25. The van der Waals surface area contributed by atoms with Crippen molar-refractivity contribution in [2.24, 2.45) is 5.92 Å². The Labute approximate surface area is 200 Å². The second-order valence-corrected chi connectivity index (χ2v) is 8.92. The molecule has 2 aliphatic carbocycles. The molecule has 7 nitrogen and oxygen atoms in total. The lowest BCUT2D eigenvalue weighted by Crippen LogP contribution is -2.46. The molecule has 1 heterocycles. The molecule has 8 heteroatoms. The maximum absolute atomic E-state index is 12.5. The van der Waals surface area contributed by atoms with Gasteiger partial charge in [0.15, 0.2) is 0 Å². The Morgan fingerprint density at radius 2 is 1.91 bits per heavy atom. The zero-order chi connectivity index (χ0) is 24.0. The molecule has 0 spiro atoms. The van der Waals surface area contributed by atoms with Crippen LogP contribution in [0.4, 0.5) is 5.69 Å². The summed E-state index contributed by atoms with van der Waals surface area (Å²) in [5.41, 5.74) is 9.35. The molecule has 3 aliphatic rings. The van der Waals surface area contributed by atoms with Gasteiger partial charge in [-0.3, -0.25) is 14.5 Å². The molecule has 4 rings (SSSR count). The van der Waals surface area contributed by atoms with E-state index < -0.39 is 0 Å². The number of halogens is 1. The number of rotatable bonds is 8. The zero-order valence-corrected chi connectivity index (χ0v) is 20.2. The highest BCUT2D eigenvalue weighted by Gasteiger charge is 2.28. The van der Waals surface area contributed by atoms with Crippen LogP contribution in [-0.2, 0) is 4.79 Å². The van der Waals surface area contributed by atoms with Gasteiger partial charge in [0, 0.05) is 32.6 Å². The molecule has 2 atom stereocenters. The maximum atomic E-state index is 12.5. The monoisotopic (exact) mass is 472 g/mol. The van der Waals surface area contributed by atoms with Gasteiger partial charge in [-0.15, -0.1) is 0 Å². The zero-order valence-electron chi connectivity index (χ0n) is 19.5. The first-order valence-corrected chi connectivity index (χ1v) is 11.7. The number of fused-ring (bicyclic) bond motifs is 1. The Morgan fingerprint density at radius 1 is 1.24 bits per heavy atom. The Bertz CT molecular complexity index is 959. The third-order valence-electron chi connectivity index (χ3n) is 6.02. The number of anilines is 1. The Kier molecular flexibility index (Phi) is 8.58. The number of hydrogen-bond acceptors (Lipinski definition) is 5. The minimum absolute atomic E-state index is 0.0162. The van der Waals surface area contributed by atoms with Crippen LogP contribution in [-0.4, -0.2) is 49.6 Å². The number of carbonyl (C=O) groups excluding carboxylic acids is 2. The molecule has 1 aliphatic heterocycles. The van der Waals surface area contributed by atoms with E-state index >= 15 is 0 Å². The van der Waals surface area contributed by atoms with Crippen LogP contribution in [0.5, 0.6) is 5.75 Å². The molecule has 1 unspecified atom stereocenters. The second kappa shape index (κ2) is 11.4. The fourth-order valence-electron chi connectivity index (χ4n) is 4.08. The van der Waals surface area contributed by atoms with Gasteiger partial charge in [-0.25, -0.2) is 0 Å². The summed E-state index contributed by atoms with van der Waals surface area (Å²) in [6.45, 7) is 5.95. The van der Waals surface area contributed by atoms with Crippen molar-refractivity contribution >= 4 is 29.1 Å². The van der Waals surface area contributed by atoms with Crippen LogP contribution in [0.15, 0.2) is 36.4 Å². The number of amides is 2. The smallest absolute Gasteiger partial charge is 0.255 e. The van der Waals surface area contributed by atoms with Crippen LogP contribution in [0.2, 0.25) is 5.02 Å². The molecule has 0 radical (unpaired) electrons. The lowest BCUT2D eigenvalue weighted by Gasteiger charge is -2.28. The summed E-state index contributed by atoms with van der Waals surface area (Å²) in [6, 6.07) is 11.6. The van der Waals surface area contributed by atoms with Crippen molar-refractivity contribution in [1.82, 2.24) is 15.5 Å². The third kappa shape index (κ3) is 6.39. The molecule has 178 valence electrons. The first kappa shape index (κ1) is 24.9. The van der Waals surface area contributed by atoms with Gasteiger partial charge in [0.25, 0.3) is 5.91 Å². The summed E-state index contributed by atoms with van der Waals surface area (Å²) in [5.74, 6) is 0.477. The summed E-state index contributed by atoms with van der Waals surface area (Å²) in [6.07, 6.45) is 2.95. The first-order valence-electron chi connectivity index (χ1n) is 11.3. The SMILES string of the molecule is CCCC(NC(C)=O)N1CC[C@H](CNC(=O)c2cc(Cl)c(N)cc2OC)C1.c1cc2ccc1-2. The molecule has 33 heavy (non-hydrogen) atoms. The van der Waals surface area contributed by atoms with E-state index in [0.717, 1.165) is 32.4 Å². The Balaban J connectivity index is 0.000000431. The number of nitrogens with zero attached hydrogens (tertiary/aromatic N) is 1. The van der Waals surface area contributed by atoms with E-state index in [4.69, 9.17) is 22.1 Å². The van der Waals surface area contributed by atoms with Crippen molar-refractivity contribution < 1.29 is 14.3 Å². The van der Waals surface area contributed by atoms with Crippen LogP contribution in [0.25, 0.3) is 11.1 Å². The second-order valence-electron chi connectivity index (χ2n) is 8.52. The standard InChI is InChI=1S/C19H29ClN4O3.C6H4/c1-4-5-18(23-12(2)25)24-7-6-13(11-24)10-22-19(26)14-8-15(20)16(21)9-17(14)27-3;1-2-6-4-3-5(1)6/h8-9,13,18H,4-7,10-11,21H2,1-3H3,(H,22,26)(H,23,25);1-4H/t13-,18?;/m1./s1. The highest BCUT2D eigenvalue weighted by atomic mass is 35.5. The lowest BCUT2D eigenvalue weighted by atomic mass is 9.95. The molecular weight excluding hydrogens is 440 g/mol.